The SMILES string of the molecule is CCCCCc1nc2sc3c(c2c(=O)n1NC(=O)c1ccccc1Cl)C[C@@H](C)CC3. The molecule has 7 heteroatoms. The number of hydrogen-bond donors (Lipinski definition) is 1. The number of carbonyl (C=O) groups is 1. The van der Waals surface area contributed by atoms with Crippen molar-refractivity contribution in [3.05, 3.63) is 61.5 Å². The van der Waals surface area contributed by atoms with Crippen molar-refractivity contribution in [2.45, 2.75) is 58.8 Å². The van der Waals surface area contributed by atoms with E-state index in [0.29, 0.717) is 34.1 Å². The van der Waals surface area contributed by atoms with Gasteiger partial charge in [0.25, 0.3) is 11.5 Å². The summed E-state index contributed by atoms with van der Waals surface area (Å²) >= 11 is 7.83. The van der Waals surface area contributed by atoms with Crippen molar-refractivity contribution < 1.29 is 4.79 Å². The smallest absolute Gasteiger partial charge is 0.267 e. The second-order valence-electron chi connectivity index (χ2n) is 8.08. The van der Waals surface area contributed by atoms with E-state index in [1.807, 2.05) is 0 Å². The minimum atomic E-state index is -0.405. The summed E-state index contributed by atoms with van der Waals surface area (Å²) < 4.78 is 1.36. The quantitative estimate of drug-likeness (QED) is 0.522. The Hall–Kier alpha value is -2.18. The number of nitrogens with one attached hydrogen (secondary N) is 1. The maximum atomic E-state index is 13.6. The molecule has 2 aromatic heterocycles. The standard InChI is InChI=1S/C23H26ClN3O2S/c1-3-4-5-10-19-25-22-20(16-13-14(2)11-12-18(16)30-22)23(29)27(19)26-21(28)15-8-6-7-9-17(15)24/h6-9,14H,3-5,10-13H2,1-2H3,(H,26,28)/t14-/m0/s1. The first-order valence-corrected chi connectivity index (χ1v) is 11.8. The highest BCUT2D eigenvalue weighted by molar-refractivity contribution is 7.18. The zero-order valence-corrected chi connectivity index (χ0v) is 18.9. The van der Waals surface area contributed by atoms with E-state index >= 15 is 0 Å². The molecule has 1 atom stereocenters. The van der Waals surface area contributed by atoms with Crippen LogP contribution in [-0.2, 0) is 19.3 Å². The monoisotopic (exact) mass is 443 g/mol. The van der Waals surface area contributed by atoms with Gasteiger partial charge in [-0.3, -0.25) is 15.0 Å². The Morgan fingerprint density at radius 3 is 2.90 bits per heavy atom. The number of hydrogen-bond acceptors (Lipinski definition) is 4. The lowest BCUT2D eigenvalue weighted by Gasteiger charge is -2.18. The summed E-state index contributed by atoms with van der Waals surface area (Å²) in [5, 5.41) is 1.02. The average molecular weight is 444 g/mol. The number of amides is 1. The summed E-state index contributed by atoms with van der Waals surface area (Å²) in [4.78, 5) is 33.4. The minimum Gasteiger partial charge on any atom is -0.267 e. The third-order valence-electron chi connectivity index (χ3n) is 5.73. The Balaban J connectivity index is 1.80. The van der Waals surface area contributed by atoms with Crippen LogP contribution in [0.4, 0.5) is 0 Å². The maximum Gasteiger partial charge on any atom is 0.281 e. The average Bonchev–Trinajstić information content (AvgIpc) is 3.08. The third kappa shape index (κ3) is 4.03. The van der Waals surface area contributed by atoms with Crippen LogP contribution in [0.1, 0.15) is 66.2 Å². The maximum absolute atomic E-state index is 13.6. The van der Waals surface area contributed by atoms with Crippen LogP contribution in [0.3, 0.4) is 0 Å². The molecule has 0 radical (unpaired) electrons. The molecule has 4 rings (SSSR count). The number of aromatic nitrogens is 2. The summed E-state index contributed by atoms with van der Waals surface area (Å²) in [5.41, 5.74) is 4.06. The number of rotatable bonds is 6. The van der Waals surface area contributed by atoms with Gasteiger partial charge in [-0.05, 0) is 49.3 Å². The van der Waals surface area contributed by atoms with Crippen molar-refractivity contribution in [1.29, 1.82) is 0 Å². The third-order valence-corrected chi connectivity index (χ3v) is 7.25. The second kappa shape index (κ2) is 8.90. The lowest BCUT2D eigenvalue weighted by Crippen LogP contribution is -2.36. The van der Waals surface area contributed by atoms with Crippen molar-refractivity contribution in [2.24, 2.45) is 5.92 Å². The number of thiophene rings is 1. The largest absolute Gasteiger partial charge is 0.281 e. The molecule has 0 bridgehead atoms. The number of fused-ring (bicyclic) bond motifs is 3. The van der Waals surface area contributed by atoms with Gasteiger partial charge in [-0.15, -0.1) is 11.3 Å². The number of nitrogens with zero attached hydrogens (tertiary/aromatic N) is 2. The van der Waals surface area contributed by atoms with Crippen LogP contribution >= 0.6 is 22.9 Å². The van der Waals surface area contributed by atoms with Gasteiger partial charge in [0.2, 0.25) is 0 Å². The fourth-order valence-electron chi connectivity index (χ4n) is 4.06. The van der Waals surface area contributed by atoms with Gasteiger partial charge in [-0.2, -0.15) is 0 Å². The van der Waals surface area contributed by atoms with Crippen LogP contribution in [0.2, 0.25) is 5.02 Å². The number of halogens is 1. The molecule has 1 aromatic carbocycles. The zero-order valence-electron chi connectivity index (χ0n) is 17.3. The molecular formula is C23H26ClN3O2S. The van der Waals surface area contributed by atoms with E-state index in [1.54, 1.807) is 35.6 Å². The number of benzene rings is 1. The number of aryl methyl sites for hydroxylation is 2. The molecule has 1 aliphatic rings. The van der Waals surface area contributed by atoms with Crippen molar-refractivity contribution in [3.63, 3.8) is 0 Å². The van der Waals surface area contributed by atoms with Gasteiger partial charge in [0.15, 0.2) is 0 Å². The molecule has 30 heavy (non-hydrogen) atoms. The Labute approximate surface area is 185 Å². The first kappa shape index (κ1) is 21.1. The molecule has 2 heterocycles. The molecule has 0 saturated heterocycles. The zero-order chi connectivity index (χ0) is 21.3. The highest BCUT2D eigenvalue weighted by Crippen LogP contribution is 2.35. The van der Waals surface area contributed by atoms with E-state index in [-0.39, 0.29) is 5.56 Å². The van der Waals surface area contributed by atoms with Gasteiger partial charge < -0.3 is 0 Å². The molecule has 5 nitrogen and oxygen atoms in total. The van der Waals surface area contributed by atoms with Crippen molar-refractivity contribution in [2.75, 3.05) is 5.43 Å². The highest BCUT2D eigenvalue weighted by atomic mass is 35.5. The van der Waals surface area contributed by atoms with Crippen molar-refractivity contribution in [3.8, 4) is 0 Å². The van der Waals surface area contributed by atoms with Gasteiger partial charge >= 0.3 is 0 Å². The second-order valence-corrected chi connectivity index (χ2v) is 9.57. The fourth-order valence-corrected chi connectivity index (χ4v) is 5.51. The lowest BCUT2D eigenvalue weighted by atomic mass is 9.89. The normalized spacial score (nSPS) is 15.9. The van der Waals surface area contributed by atoms with Crippen LogP contribution in [0.15, 0.2) is 29.1 Å². The molecule has 0 fully saturated rings. The lowest BCUT2D eigenvalue weighted by molar-refractivity contribution is 0.101. The van der Waals surface area contributed by atoms with Crippen molar-refractivity contribution in [1.82, 2.24) is 9.66 Å². The van der Waals surface area contributed by atoms with E-state index < -0.39 is 5.91 Å². The van der Waals surface area contributed by atoms with E-state index in [0.717, 1.165) is 48.9 Å². The van der Waals surface area contributed by atoms with Crippen LogP contribution in [0.5, 0.6) is 0 Å². The van der Waals surface area contributed by atoms with Crippen LogP contribution in [0.25, 0.3) is 10.2 Å². The summed E-state index contributed by atoms with van der Waals surface area (Å²) in [5.74, 6) is 0.746. The Bertz CT molecular complexity index is 1150. The Morgan fingerprint density at radius 2 is 2.13 bits per heavy atom. The van der Waals surface area contributed by atoms with E-state index in [2.05, 4.69) is 19.3 Å². The molecule has 3 aromatic rings. The van der Waals surface area contributed by atoms with E-state index in [9.17, 15) is 9.59 Å². The van der Waals surface area contributed by atoms with E-state index in [1.165, 1.54) is 9.55 Å². The molecule has 0 spiro atoms. The minimum absolute atomic E-state index is 0.182. The fraction of sp³-hybridized carbons (Fsp3) is 0.435. The summed E-state index contributed by atoms with van der Waals surface area (Å²) in [7, 11) is 0. The summed E-state index contributed by atoms with van der Waals surface area (Å²) in [6.07, 6.45) is 6.70. The van der Waals surface area contributed by atoms with Crippen LogP contribution < -0.4 is 11.0 Å². The van der Waals surface area contributed by atoms with Gasteiger partial charge in [0.1, 0.15) is 10.7 Å². The van der Waals surface area contributed by atoms with Crippen molar-refractivity contribution >= 4 is 39.1 Å². The topological polar surface area (TPSA) is 64.0 Å². The van der Waals surface area contributed by atoms with E-state index in [4.69, 9.17) is 16.6 Å². The molecule has 158 valence electrons. The first-order chi connectivity index (χ1) is 14.5. The predicted molar refractivity (Wildman–Crippen MR) is 123 cm³/mol. The van der Waals surface area contributed by atoms with Crippen LogP contribution in [0, 0.1) is 5.92 Å². The first-order valence-electron chi connectivity index (χ1n) is 10.6. The molecule has 1 amide bonds. The number of unbranched alkanes of at least 4 members (excludes halogenated alkanes) is 2. The van der Waals surface area contributed by atoms with Crippen LogP contribution in [-0.4, -0.2) is 15.6 Å². The molecular weight excluding hydrogens is 418 g/mol. The Kier molecular flexibility index (Phi) is 6.25. The molecule has 0 saturated carbocycles. The predicted octanol–water partition coefficient (Wildman–Crippen LogP) is 5.35. The van der Waals surface area contributed by atoms with Gasteiger partial charge in [-0.1, -0.05) is 50.4 Å². The number of carbonyl (C=O) groups excluding carboxylic acids is 1. The molecule has 1 N–H and O–H groups in total. The summed E-state index contributed by atoms with van der Waals surface area (Å²) in [6.45, 7) is 4.36. The van der Waals surface area contributed by atoms with Gasteiger partial charge in [0.05, 0.1) is 16.0 Å². The molecule has 1 aliphatic carbocycles. The summed E-state index contributed by atoms with van der Waals surface area (Å²) in [6, 6.07) is 6.84. The van der Waals surface area contributed by atoms with Gasteiger partial charge in [-0.25, -0.2) is 9.66 Å². The Morgan fingerprint density at radius 1 is 1.33 bits per heavy atom. The molecule has 0 unspecified atom stereocenters. The highest BCUT2D eigenvalue weighted by Gasteiger charge is 2.25. The molecule has 0 aliphatic heterocycles. The van der Waals surface area contributed by atoms with Gasteiger partial charge in [0, 0.05) is 11.3 Å².